The summed E-state index contributed by atoms with van der Waals surface area (Å²) < 4.78 is 10.1. The number of hydrogen-bond acceptors (Lipinski definition) is 4. The first-order valence-corrected chi connectivity index (χ1v) is 6.42. The lowest BCUT2D eigenvalue weighted by Crippen LogP contribution is -2.11. The van der Waals surface area contributed by atoms with Crippen LogP contribution in [0.15, 0.2) is 24.3 Å². The lowest BCUT2D eigenvalue weighted by molar-refractivity contribution is -0.0161. The molecule has 0 N–H and O–H groups in total. The molecule has 4 bridgehead atoms. The highest BCUT2D eigenvalue weighted by Gasteiger charge is 2.38. The molecule has 0 aromatic heterocycles. The number of carbonyl (C=O) groups excluding carboxylic acids is 2. The second kappa shape index (κ2) is 3.10. The summed E-state index contributed by atoms with van der Waals surface area (Å²) >= 11 is 0. The molecule has 0 fully saturated rings. The van der Waals surface area contributed by atoms with Crippen LogP contribution in [-0.4, -0.2) is 18.7 Å². The van der Waals surface area contributed by atoms with E-state index in [0.29, 0.717) is 17.5 Å². The lowest BCUT2D eigenvalue weighted by Gasteiger charge is -2.11. The summed E-state index contributed by atoms with van der Waals surface area (Å²) in [7, 11) is 0. The zero-order chi connectivity index (χ0) is 13.4. The zero-order valence-corrected chi connectivity index (χ0v) is 10.4. The summed E-state index contributed by atoms with van der Waals surface area (Å²) in [5.41, 5.74) is 3.09. The van der Waals surface area contributed by atoms with Gasteiger partial charge >= 0.3 is 11.9 Å². The standard InChI is InChI=1S/C16H8O4/c17-15-13-9-5-10(9)14(16(18)20-6-19-15)12-8-2-1-7(3-4-8)11(12)13/h1-4H,5-6H2. The Bertz CT molecular complexity index is 844. The molecule has 4 aromatic carbocycles. The smallest absolute Gasteiger partial charge is 0.341 e. The predicted molar refractivity (Wildman–Crippen MR) is 71.1 cm³/mol. The van der Waals surface area contributed by atoms with Crippen molar-refractivity contribution >= 4 is 33.5 Å². The Hall–Kier alpha value is -2.62. The molecule has 96 valence electrons. The third kappa shape index (κ3) is 1.04. The molecule has 1 aliphatic carbocycles. The minimum Gasteiger partial charge on any atom is -0.424 e. The Kier molecular flexibility index (Phi) is 1.58. The van der Waals surface area contributed by atoms with E-state index in [1.165, 1.54) is 0 Å². The van der Waals surface area contributed by atoms with Gasteiger partial charge in [-0.1, -0.05) is 24.3 Å². The number of carbonyl (C=O) groups is 2. The van der Waals surface area contributed by atoms with Gasteiger partial charge in [0.1, 0.15) is 0 Å². The molecule has 4 heteroatoms. The van der Waals surface area contributed by atoms with Crippen LogP contribution in [0.1, 0.15) is 31.8 Å². The second-order valence-electron chi connectivity index (χ2n) is 5.19. The van der Waals surface area contributed by atoms with Gasteiger partial charge in [-0.2, -0.15) is 0 Å². The quantitative estimate of drug-likeness (QED) is 0.458. The number of cyclic esters (lactones) is 2. The van der Waals surface area contributed by atoms with E-state index < -0.39 is 11.9 Å². The van der Waals surface area contributed by atoms with E-state index >= 15 is 0 Å². The van der Waals surface area contributed by atoms with E-state index in [1.54, 1.807) is 0 Å². The second-order valence-corrected chi connectivity index (χ2v) is 5.19. The van der Waals surface area contributed by atoms with Gasteiger partial charge in [0.25, 0.3) is 0 Å². The third-order valence-corrected chi connectivity index (χ3v) is 4.20. The summed E-state index contributed by atoms with van der Waals surface area (Å²) in [5, 5.41) is 3.57. The van der Waals surface area contributed by atoms with Gasteiger partial charge in [-0.25, -0.2) is 9.59 Å². The van der Waals surface area contributed by atoms with E-state index in [1.807, 2.05) is 24.3 Å². The number of esters is 2. The van der Waals surface area contributed by atoms with Crippen molar-refractivity contribution < 1.29 is 19.1 Å². The molecule has 0 atom stereocenters. The maximum absolute atomic E-state index is 12.3. The monoisotopic (exact) mass is 264 g/mol. The molecule has 2 aliphatic rings. The van der Waals surface area contributed by atoms with Gasteiger partial charge in [0.05, 0.1) is 11.1 Å². The molecule has 0 amide bonds. The van der Waals surface area contributed by atoms with Gasteiger partial charge in [-0.15, -0.1) is 0 Å². The number of hydrogen-bond donors (Lipinski definition) is 0. The highest BCUT2D eigenvalue weighted by atomic mass is 16.7. The summed E-state index contributed by atoms with van der Waals surface area (Å²) in [6.07, 6.45) is 0.669. The van der Waals surface area contributed by atoms with E-state index in [4.69, 9.17) is 9.47 Å². The van der Waals surface area contributed by atoms with Crippen LogP contribution >= 0.6 is 0 Å². The summed E-state index contributed by atoms with van der Waals surface area (Å²) in [6.45, 7) is -0.322. The highest BCUT2D eigenvalue weighted by Crippen LogP contribution is 2.46. The fourth-order valence-corrected chi connectivity index (χ4v) is 3.28. The van der Waals surface area contributed by atoms with Crippen LogP contribution in [0.25, 0.3) is 21.5 Å². The van der Waals surface area contributed by atoms with Crippen molar-refractivity contribution in [3.63, 3.8) is 0 Å². The fourth-order valence-electron chi connectivity index (χ4n) is 3.28. The fraction of sp³-hybridized carbons (Fsp3) is 0.125. The zero-order valence-electron chi connectivity index (χ0n) is 10.4. The first kappa shape index (κ1) is 10.2. The normalized spacial score (nSPS) is 16.6. The van der Waals surface area contributed by atoms with Gasteiger partial charge in [-0.05, 0) is 28.3 Å². The van der Waals surface area contributed by atoms with Crippen LogP contribution in [0.2, 0.25) is 0 Å². The molecular weight excluding hydrogens is 256 g/mol. The molecule has 0 spiro atoms. The minimum atomic E-state index is -0.404. The van der Waals surface area contributed by atoms with Crippen molar-refractivity contribution in [2.75, 3.05) is 6.79 Å². The number of ether oxygens (including phenoxy) is 2. The van der Waals surface area contributed by atoms with Crippen molar-refractivity contribution in [3.8, 4) is 0 Å². The van der Waals surface area contributed by atoms with Crippen LogP contribution in [-0.2, 0) is 15.9 Å². The Labute approximate surface area is 113 Å². The van der Waals surface area contributed by atoms with Crippen molar-refractivity contribution in [2.24, 2.45) is 0 Å². The molecule has 20 heavy (non-hydrogen) atoms. The average molecular weight is 264 g/mol. The number of benzene rings is 4. The van der Waals surface area contributed by atoms with Gasteiger partial charge in [0.2, 0.25) is 6.79 Å². The van der Waals surface area contributed by atoms with Gasteiger partial charge in [0, 0.05) is 10.8 Å². The molecule has 4 nitrogen and oxygen atoms in total. The maximum atomic E-state index is 12.3. The lowest BCUT2D eigenvalue weighted by atomic mass is 9.92. The highest BCUT2D eigenvalue weighted by molar-refractivity contribution is 6.26. The van der Waals surface area contributed by atoms with Gasteiger partial charge in [0.15, 0.2) is 0 Å². The summed E-state index contributed by atoms with van der Waals surface area (Å²) in [4.78, 5) is 24.5. The molecule has 0 radical (unpaired) electrons. The molecule has 1 aliphatic heterocycles. The summed E-state index contributed by atoms with van der Waals surface area (Å²) in [6, 6.07) is 7.87. The molecule has 6 rings (SSSR count). The van der Waals surface area contributed by atoms with Crippen molar-refractivity contribution in [3.05, 3.63) is 46.5 Å². The maximum Gasteiger partial charge on any atom is 0.341 e. The van der Waals surface area contributed by atoms with E-state index in [9.17, 15) is 9.59 Å². The minimum absolute atomic E-state index is 0.322. The topological polar surface area (TPSA) is 52.6 Å². The van der Waals surface area contributed by atoms with Gasteiger partial charge < -0.3 is 9.47 Å². The third-order valence-electron chi connectivity index (χ3n) is 4.20. The Morgan fingerprint density at radius 1 is 0.750 bits per heavy atom. The number of rotatable bonds is 0. The van der Waals surface area contributed by atoms with Crippen LogP contribution in [0.5, 0.6) is 0 Å². The van der Waals surface area contributed by atoms with Crippen LogP contribution in [0.4, 0.5) is 0 Å². The molecule has 0 saturated heterocycles. The van der Waals surface area contributed by atoms with E-state index in [2.05, 4.69) is 0 Å². The van der Waals surface area contributed by atoms with Crippen molar-refractivity contribution in [1.29, 1.82) is 0 Å². The SMILES string of the molecule is O=C1OCOC(=O)c2c3c(c1c1c4ccc(cc4)c21)C3. The summed E-state index contributed by atoms with van der Waals surface area (Å²) in [5.74, 6) is -0.808. The Morgan fingerprint density at radius 3 is 1.65 bits per heavy atom. The Balaban J connectivity index is 2.11. The van der Waals surface area contributed by atoms with Crippen LogP contribution < -0.4 is 0 Å². The first-order chi connectivity index (χ1) is 9.75. The van der Waals surface area contributed by atoms with E-state index in [-0.39, 0.29) is 6.79 Å². The Morgan fingerprint density at radius 2 is 1.20 bits per heavy atom. The van der Waals surface area contributed by atoms with Crippen LogP contribution in [0, 0.1) is 0 Å². The molecule has 0 saturated carbocycles. The van der Waals surface area contributed by atoms with Gasteiger partial charge in [-0.3, -0.25) is 0 Å². The predicted octanol–water partition coefficient (Wildman–Crippen LogP) is 2.62. The largest absolute Gasteiger partial charge is 0.424 e. The first-order valence-electron chi connectivity index (χ1n) is 6.42. The average Bonchev–Trinajstić information content (AvgIpc) is 3.23. The van der Waals surface area contributed by atoms with Crippen molar-refractivity contribution in [2.45, 2.75) is 6.42 Å². The molecular formula is C16H8O4. The molecule has 1 heterocycles. The molecule has 4 aromatic rings. The van der Waals surface area contributed by atoms with E-state index in [0.717, 1.165) is 32.7 Å². The molecule has 0 unspecified atom stereocenters. The van der Waals surface area contributed by atoms with Crippen molar-refractivity contribution in [1.82, 2.24) is 0 Å². The number of fused-ring (bicyclic) bond motifs is 2. The van der Waals surface area contributed by atoms with Crippen LogP contribution in [0.3, 0.4) is 0 Å².